The zero-order valence-electron chi connectivity index (χ0n) is 23.2. The van der Waals surface area contributed by atoms with E-state index in [2.05, 4.69) is 144 Å². The molecule has 0 saturated heterocycles. The number of para-hydroxylation sites is 1. The fourth-order valence-corrected chi connectivity index (χ4v) is 7.53. The highest BCUT2D eigenvalue weighted by molar-refractivity contribution is 7.25. The largest absolute Gasteiger partial charge is 0.456 e. The van der Waals surface area contributed by atoms with Gasteiger partial charge < -0.3 is 9.32 Å². The SMILES string of the molecule is c1ccc2cc(-c3ccc(N(c4ccc5c(c4)sc4ccccc45)c4cccc5oc6ccccc6c45)cc3)ccc2c1. The summed E-state index contributed by atoms with van der Waals surface area (Å²) in [6.45, 7) is 0. The summed E-state index contributed by atoms with van der Waals surface area (Å²) in [5.74, 6) is 0. The third-order valence-electron chi connectivity index (χ3n) is 8.45. The number of benzene rings is 7. The monoisotopic (exact) mass is 567 g/mol. The second kappa shape index (κ2) is 9.59. The zero-order chi connectivity index (χ0) is 28.3. The Balaban J connectivity index is 1.24. The average molecular weight is 568 g/mol. The van der Waals surface area contributed by atoms with Crippen LogP contribution in [0, 0.1) is 0 Å². The molecule has 202 valence electrons. The number of nitrogens with zero attached hydrogens (tertiary/aromatic N) is 1. The van der Waals surface area contributed by atoms with Gasteiger partial charge in [-0.3, -0.25) is 0 Å². The van der Waals surface area contributed by atoms with E-state index in [1.807, 2.05) is 23.5 Å². The van der Waals surface area contributed by atoms with Gasteiger partial charge in [-0.15, -0.1) is 11.3 Å². The van der Waals surface area contributed by atoms with Gasteiger partial charge in [0.15, 0.2) is 0 Å². The molecule has 9 rings (SSSR count). The summed E-state index contributed by atoms with van der Waals surface area (Å²) in [5.41, 5.74) is 7.52. The van der Waals surface area contributed by atoms with Gasteiger partial charge in [0, 0.05) is 36.9 Å². The van der Waals surface area contributed by atoms with Crippen LogP contribution in [0.25, 0.3) is 64.0 Å². The lowest BCUT2D eigenvalue weighted by molar-refractivity contribution is 0.669. The Labute approximate surface area is 252 Å². The number of rotatable bonds is 4. The van der Waals surface area contributed by atoms with Crippen LogP contribution in [0.5, 0.6) is 0 Å². The molecular weight excluding hydrogens is 543 g/mol. The third kappa shape index (κ3) is 3.93. The van der Waals surface area contributed by atoms with E-state index < -0.39 is 0 Å². The molecule has 0 atom stereocenters. The highest BCUT2D eigenvalue weighted by Gasteiger charge is 2.20. The molecule has 0 aliphatic rings. The van der Waals surface area contributed by atoms with Crippen LogP contribution in [0.15, 0.2) is 156 Å². The maximum absolute atomic E-state index is 6.31. The molecule has 2 aromatic heterocycles. The van der Waals surface area contributed by atoms with E-state index in [-0.39, 0.29) is 0 Å². The second-order valence-corrected chi connectivity index (χ2v) is 12.1. The number of hydrogen-bond donors (Lipinski definition) is 0. The molecule has 43 heavy (non-hydrogen) atoms. The molecule has 0 aliphatic carbocycles. The minimum absolute atomic E-state index is 0.888. The number of furan rings is 1. The average Bonchev–Trinajstić information content (AvgIpc) is 3.63. The Morgan fingerprint density at radius 3 is 2.05 bits per heavy atom. The molecule has 9 aromatic rings. The molecule has 7 aromatic carbocycles. The Hall–Kier alpha value is -5.38. The number of fused-ring (bicyclic) bond motifs is 7. The van der Waals surface area contributed by atoms with E-state index in [1.165, 1.54) is 42.1 Å². The van der Waals surface area contributed by atoms with Crippen LogP contribution in [-0.4, -0.2) is 0 Å². The molecule has 0 bridgehead atoms. The molecule has 0 N–H and O–H groups in total. The van der Waals surface area contributed by atoms with Gasteiger partial charge >= 0.3 is 0 Å². The van der Waals surface area contributed by atoms with Gasteiger partial charge in [-0.2, -0.15) is 0 Å². The van der Waals surface area contributed by atoms with Crippen molar-refractivity contribution in [1.29, 1.82) is 0 Å². The molecule has 0 unspecified atom stereocenters. The highest BCUT2D eigenvalue weighted by Crippen LogP contribution is 2.45. The van der Waals surface area contributed by atoms with Gasteiger partial charge in [-0.1, -0.05) is 97.1 Å². The summed E-state index contributed by atoms with van der Waals surface area (Å²) in [6.07, 6.45) is 0. The van der Waals surface area contributed by atoms with E-state index in [1.54, 1.807) is 0 Å². The lowest BCUT2D eigenvalue weighted by Gasteiger charge is -2.26. The lowest BCUT2D eigenvalue weighted by Crippen LogP contribution is -2.10. The van der Waals surface area contributed by atoms with E-state index in [0.717, 1.165) is 39.0 Å². The molecular formula is C40H25NOS. The Morgan fingerprint density at radius 1 is 0.442 bits per heavy atom. The maximum atomic E-state index is 6.31. The summed E-state index contributed by atoms with van der Waals surface area (Å²) in [4.78, 5) is 2.37. The van der Waals surface area contributed by atoms with Crippen molar-refractivity contribution in [2.45, 2.75) is 0 Å². The predicted octanol–water partition coefficient (Wildman–Crippen LogP) is 12.2. The van der Waals surface area contributed by atoms with Crippen molar-refractivity contribution in [2.24, 2.45) is 0 Å². The number of hydrogen-bond acceptors (Lipinski definition) is 3. The first-order valence-corrected chi connectivity index (χ1v) is 15.3. The summed E-state index contributed by atoms with van der Waals surface area (Å²) < 4.78 is 8.90. The smallest absolute Gasteiger partial charge is 0.137 e. The van der Waals surface area contributed by atoms with Crippen LogP contribution in [0.3, 0.4) is 0 Å². The third-order valence-corrected chi connectivity index (χ3v) is 9.58. The lowest BCUT2D eigenvalue weighted by atomic mass is 10.0. The first-order chi connectivity index (χ1) is 21.3. The molecule has 0 aliphatic heterocycles. The minimum atomic E-state index is 0.888. The van der Waals surface area contributed by atoms with E-state index in [9.17, 15) is 0 Å². The number of thiophene rings is 1. The Morgan fingerprint density at radius 2 is 1.14 bits per heavy atom. The Kier molecular flexibility index (Phi) is 5.40. The van der Waals surface area contributed by atoms with Gasteiger partial charge in [0.25, 0.3) is 0 Å². The van der Waals surface area contributed by atoms with Crippen LogP contribution in [0.2, 0.25) is 0 Å². The minimum Gasteiger partial charge on any atom is -0.456 e. The topological polar surface area (TPSA) is 16.4 Å². The van der Waals surface area contributed by atoms with Crippen molar-refractivity contribution in [3.63, 3.8) is 0 Å². The maximum Gasteiger partial charge on any atom is 0.137 e. The highest BCUT2D eigenvalue weighted by atomic mass is 32.1. The molecule has 3 heteroatoms. The van der Waals surface area contributed by atoms with Crippen molar-refractivity contribution >= 4 is 81.3 Å². The number of anilines is 3. The van der Waals surface area contributed by atoms with Crippen molar-refractivity contribution in [3.8, 4) is 11.1 Å². The van der Waals surface area contributed by atoms with Crippen LogP contribution >= 0.6 is 11.3 Å². The van der Waals surface area contributed by atoms with Crippen molar-refractivity contribution in [3.05, 3.63) is 152 Å². The van der Waals surface area contributed by atoms with Crippen LogP contribution in [0.1, 0.15) is 0 Å². The van der Waals surface area contributed by atoms with E-state index >= 15 is 0 Å². The molecule has 0 amide bonds. The first kappa shape index (κ1) is 24.2. The summed E-state index contributed by atoms with van der Waals surface area (Å²) in [5, 5.41) is 7.35. The fraction of sp³-hybridized carbons (Fsp3) is 0. The molecule has 0 radical (unpaired) electrons. The fourth-order valence-electron chi connectivity index (χ4n) is 6.40. The van der Waals surface area contributed by atoms with Crippen molar-refractivity contribution in [2.75, 3.05) is 4.90 Å². The summed E-state index contributed by atoms with van der Waals surface area (Å²) in [6, 6.07) is 54.3. The first-order valence-electron chi connectivity index (χ1n) is 14.5. The Bertz CT molecular complexity index is 2470. The van der Waals surface area contributed by atoms with Gasteiger partial charge in [0.1, 0.15) is 11.2 Å². The second-order valence-electron chi connectivity index (χ2n) is 11.0. The van der Waals surface area contributed by atoms with Crippen LogP contribution in [-0.2, 0) is 0 Å². The normalized spacial score (nSPS) is 11.7. The predicted molar refractivity (Wildman–Crippen MR) is 184 cm³/mol. The van der Waals surface area contributed by atoms with Gasteiger partial charge in [-0.25, -0.2) is 0 Å². The van der Waals surface area contributed by atoms with Crippen LogP contribution < -0.4 is 4.90 Å². The summed E-state index contributed by atoms with van der Waals surface area (Å²) in [7, 11) is 0. The molecule has 0 fully saturated rings. The molecule has 2 heterocycles. The van der Waals surface area contributed by atoms with E-state index in [4.69, 9.17) is 4.42 Å². The van der Waals surface area contributed by atoms with Crippen molar-refractivity contribution < 1.29 is 4.42 Å². The molecule has 2 nitrogen and oxygen atoms in total. The molecule has 0 spiro atoms. The zero-order valence-corrected chi connectivity index (χ0v) is 24.0. The van der Waals surface area contributed by atoms with Crippen molar-refractivity contribution in [1.82, 2.24) is 0 Å². The van der Waals surface area contributed by atoms with Gasteiger partial charge in [0.05, 0.1) is 11.1 Å². The van der Waals surface area contributed by atoms with Gasteiger partial charge in [0.2, 0.25) is 0 Å². The standard InChI is InChI=1S/C40H25NOS/c1-2-9-28-24-29(17-16-26(28)8-1)27-18-20-30(21-19-27)41(31-22-23-33-32-10-4-6-15-38(32)43-39(33)25-31)35-12-7-14-37-40(35)34-11-3-5-13-36(34)42-37/h1-25H. The quantitative estimate of drug-likeness (QED) is 0.210. The van der Waals surface area contributed by atoms with E-state index in [0.29, 0.717) is 0 Å². The summed E-state index contributed by atoms with van der Waals surface area (Å²) >= 11 is 1.85. The molecule has 0 saturated carbocycles. The van der Waals surface area contributed by atoms with Gasteiger partial charge in [-0.05, 0) is 76.5 Å². The van der Waals surface area contributed by atoms with Crippen LogP contribution in [0.4, 0.5) is 17.1 Å².